The maximum Gasteiger partial charge on any atom is 0.243 e. The van der Waals surface area contributed by atoms with Gasteiger partial charge in [0.15, 0.2) is 0 Å². The van der Waals surface area contributed by atoms with Crippen LogP contribution in [0.3, 0.4) is 0 Å². The van der Waals surface area contributed by atoms with Crippen LogP contribution in [0.5, 0.6) is 0 Å². The first-order valence-corrected chi connectivity index (χ1v) is 8.78. The van der Waals surface area contributed by atoms with Crippen molar-refractivity contribution in [1.29, 1.82) is 0 Å². The lowest BCUT2D eigenvalue weighted by molar-refractivity contribution is 0.408. The van der Waals surface area contributed by atoms with Crippen LogP contribution in [0.15, 0.2) is 17.0 Å². The van der Waals surface area contributed by atoms with Gasteiger partial charge in [0.1, 0.15) is 0 Å². The van der Waals surface area contributed by atoms with E-state index in [1.54, 1.807) is 10.4 Å². The van der Waals surface area contributed by atoms with Gasteiger partial charge in [-0.3, -0.25) is 0 Å². The van der Waals surface area contributed by atoms with Gasteiger partial charge in [-0.15, -0.1) is 0 Å². The SMILES string of the molecule is CCc1cc(N)c(CC)c(S(=O)(=O)N2CCCC2C)c1. The quantitative estimate of drug-likeness (QED) is 0.869. The van der Waals surface area contributed by atoms with Gasteiger partial charge >= 0.3 is 0 Å². The molecule has 0 bridgehead atoms. The van der Waals surface area contributed by atoms with Crippen LogP contribution in [0, 0.1) is 0 Å². The highest BCUT2D eigenvalue weighted by Crippen LogP contribution is 2.31. The van der Waals surface area contributed by atoms with Crippen LogP contribution < -0.4 is 5.73 Å². The van der Waals surface area contributed by atoms with Gasteiger partial charge in [-0.1, -0.05) is 13.8 Å². The number of hydrogen-bond acceptors (Lipinski definition) is 3. The highest BCUT2D eigenvalue weighted by Gasteiger charge is 2.34. The van der Waals surface area contributed by atoms with E-state index in [1.807, 2.05) is 26.8 Å². The number of nitrogen functional groups attached to an aromatic ring is 1. The summed E-state index contributed by atoms with van der Waals surface area (Å²) in [6.45, 7) is 6.55. The molecule has 2 N–H and O–H groups in total. The predicted octanol–water partition coefficient (Wildman–Crippen LogP) is 2.57. The number of aryl methyl sites for hydroxylation is 1. The molecule has 1 fully saturated rings. The van der Waals surface area contributed by atoms with Gasteiger partial charge in [-0.2, -0.15) is 4.31 Å². The summed E-state index contributed by atoms with van der Waals surface area (Å²) in [6.07, 6.45) is 3.29. The first-order chi connectivity index (χ1) is 9.41. The Hall–Kier alpha value is -1.07. The van der Waals surface area contributed by atoms with E-state index in [2.05, 4.69) is 0 Å². The molecule has 0 radical (unpaired) electrons. The molecule has 112 valence electrons. The van der Waals surface area contributed by atoms with Crippen molar-refractivity contribution in [3.8, 4) is 0 Å². The molecule has 5 heteroatoms. The molecule has 1 heterocycles. The average molecular weight is 296 g/mol. The van der Waals surface area contributed by atoms with Crippen LogP contribution in [0.4, 0.5) is 5.69 Å². The maximum absolute atomic E-state index is 12.9. The molecule has 2 rings (SSSR count). The summed E-state index contributed by atoms with van der Waals surface area (Å²) in [5, 5.41) is 0. The fourth-order valence-corrected chi connectivity index (χ4v) is 5.00. The Morgan fingerprint density at radius 3 is 2.50 bits per heavy atom. The predicted molar refractivity (Wildman–Crippen MR) is 82.2 cm³/mol. The smallest absolute Gasteiger partial charge is 0.243 e. The molecule has 20 heavy (non-hydrogen) atoms. The zero-order valence-corrected chi connectivity index (χ0v) is 13.3. The van der Waals surface area contributed by atoms with Gasteiger partial charge in [0, 0.05) is 18.3 Å². The van der Waals surface area contributed by atoms with Crippen molar-refractivity contribution in [1.82, 2.24) is 4.31 Å². The number of hydrogen-bond donors (Lipinski definition) is 1. The molecule has 1 aromatic rings. The van der Waals surface area contributed by atoms with Crippen LogP contribution >= 0.6 is 0 Å². The van der Waals surface area contributed by atoms with Gasteiger partial charge in [0.2, 0.25) is 10.0 Å². The molecule has 0 spiro atoms. The minimum absolute atomic E-state index is 0.0798. The van der Waals surface area contributed by atoms with Crippen molar-refractivity contribution in [2.45, 2.75) is 57.4 Å². The van der Waals surface area contributed by atoms with Crippen molar-refractivity contribution in [2.24, 2.45) is 0 Å². The van der Waals surface area contributed by atoms with Crippen molar-refractivity contribution in [2.75, 3.05) is 12.3 Å². The summed E-state index contributed by atoms with van der Waals surface area (Å²) < 4.78 is 27.5. The first-order valence-electron chi connectivity index (χ1n) is 7.34. The monoisotopic (exact) mass is 296 g/mol. The van der Waals surface area contributed by atoms with E-state index < -0.39 is 10.0 Å². The molecule has 0 amide bonds. The molecule has 0 aliphatic carbocycles. The van der Waals surface area contributed by atoms with Crippen molar-refractivity contribution in [3.63, 3.8) is 0 Å². The highest BCUT2D eigenvalue weighted by molar-refractivity contribution is 7.89. The van der Waals surface area contributed by atoms with Crippen LogP contribution in [-0.4, -0.2) is 25.3 Å². The van der Waals surface area contributed by atoms with Gasteiger partial charge in [0.25, 0.3) is 0 Å². The Balaban J connectivity index is 2.58. The number of nitrogens with two attached hydrogens (primary N) is 1. The number of rotatable bonds is 4. The number of anilines is 1. The molecule has 1 aliphatic rings. The lowest BCUT2D eigenvalue weighted by Gasteiger charge is -2.23. The molecule has 4 nitrogen and oxygen atoms in total. The molecule has 1 aromatic carbocycles. The van der Waals surface area contributed by atoms with Crippen molar-refractivity contribution in [3.05, 3.63) is 23.3 Å². The van der Waals surface area contributed by atoms with Crippen LogP contribution in [-0.2, 0) is 22.9 Å². The Labute approximate surface area is 122 Å². The van der Waals surface area contributed by atoms with E-state index in [4.69, 9.17) is 5.73 Å². The average Bonchev–Trinajstić information content (AvgIpc) is 2.84. The molecular formula is C15H24N2O2S. The minimum Gasteiger partial charge on any atom is -0.398 e. The fraction of sp³-hybridized carbons (Fsp3) is 0.600. The molecule has 1 saturated heterocycles. The van der Waals surface area contributed by atoms with Crippen molar-refractivity contribution < 1.29 is 8.42 Å². The third-order valence-electron chi connectivity index (χ3n) is 4.14. The number of nitrogens with zero attached hydrogens (tertiary/aromatic N) is 1. The summed E-state index contributed by atoms with van der Waals surface area (Å²) in [5.41, 5.74) is 8.38. The summed E-state index contributed by atoms with van der Waals surface area (Å²) in [4.78, 5) is 0.408. The number of benzene rings is 1. The van der Waals surface area contributed by atoms with E-state index in [1.165, 1.54) is 0 Å². The van der Waals surface area contributed by atoms with Crippen LogP contribution in [0.2, 0.25) is 0 Å². The first kappa shape index (κ1) is 15.3. The van der Waals surface area contributed by atoms with E-state index in [9.17, 15) is 8.42 Å². The summed E-state index contributed by atoms with van der Waals surface area (Å²) in [6, 6.07) is 3.78. The van der Waals surface area contributed by atoms with Gasteiger partial charge in [0.05, 0.1) is 4.90 Å². The second kappa shape index (κ2) is 5.74. The zero-order chi connectivity index (χ0) is 14.9. The van der Waals surface area contributed by atoms with Gasteiger partial charge < -0.3 is 5.73 Å². The largest absolute Gasteiger partial charge is 0.398 e. The Morgan fingerprint density at radius 1 is 1.30 bits per heavy atom. The lowest BCUT2D eigenvalue weighted by atomic mass is 10.1. The summed E-state index contributed by atoms with van der Waals surface area (Å²) >= 11 is 0. The van der Waals surface area contributed by atoms with Gasteiger partial charge in [-0.05, 0) is 55.9 Å². The molecule has 0 saturated carbocycles. The zero-order valence-electron chi connectivity index (χ0n) is 12.5. The topological polar surface area (TPSA) is 63.4 Å². The molecular weight excluding hydrogens is 272 g/mol. The normalized spacial score (nSPS) is 20.4. The minimum atomic E-state index is -3.43. The molecule has 1 unspecified atom stereocenters. The van der Waals surface area contributed by atoms with Crippen molar-refractivity contribution >= 4 is 15.7 Å². The lowest BCUT2D eigenvalue weighted by Crippen LogP contribution is -2.34. The Kier molecular flexibility index (Phi) is 4.39. The molecule has 1 atom stereocenters. The Morgan fingerprint density at radius 2 is 2.00 bits per heavy atom. The second-order valence-corrected chi connectivity index (χ2v) is 7.33. The third kappa shape index (κ3) is 2.56. The van der Waals surface area contributed by atoms with E-state index in [0.717, 1.165) is 30.4 Å². The molecule has 0 aromatic heterocycles. The van der Waals surface area contributed by atoms with E-state index in [-0.39, 0.29) is 6.04 Å². The van der Waals surface area contributed by atoms with E-state index >= 15 is 0 Å². The Bertz CT molecular complexity index is 596. The van der Waals surface area contributed by atoms with Gasteiger partial charge in [-0.25, -0.2) is 8.42 Å². The maximum atomic E-state index is 12.9. The second-order valence-electron chi connectivity index (χ2n) is 5.48. The van der Waals surface area contributed by atoms with Crippen LogP contribution in [0.25, 0.3) is 0 Å². The summed E-state index contributed by atoms with van der Waals surface area (Å²) in [7, 11) is -3.43. The molecule has 1 aliphatic heterocycles. The fourth-order valence-electron chi connectivity index (χ4n) is 2.93. The highest BCUT2D eigenvalue weighted by atomic mass is 32.2. The third-order valence-corrected chi connectivity index (χ3v) is 6.22. The van der Waals surface area contributed by atoms with E-state index in [0.29, 0.717) is 23.5 Å². The van der Waals surface area contributed by atoms with Crippen LogP contribution in [0.1, 0.15) is 44.7 Å². The standard InChI is InChI=1S/C15H24N2O2S/c1-4-12-9-14(16)13(5-2)15(10-12)20(18,19)17-8-6-7-11(17)3/h9-11H,4-8,16H2,1-3H3. The summed E-state index contributed by atoms with van der Waals surface area (Å²) in [5.74, 6) is 0. The number of sulfonamides is 1.